The van der Waals surface area contributed by atoms with Crippen LogP contribution >= 0.6 is 0 Å². The highest BCUT2D eigenvalue weighted by atomic mass is 16.3. The second kappa shape index (κ2) is 9.47. The molecule has 0 aliphatic rings. The number of nitrogens with zero attached hydrogens (tertiary/aromatic N) is 3. The van der Waals surface area contributed by atoms with Gasteiger partial charge in [0.05, 0.1) is 11.1 Å². The molecular formula is C35H25N3O2. The highest BCUT2D eigenvalue weighted by molar-refractivity contribution is 6.07. The first-order valence-corrected chi connectivity index (χ1v) is 13.2. The number of aromatic hydroxyl groups is 1. The third-order valence-electron chi connectivity index (χ3n) is 7.61. The zero-order valence-electron chi connectivity index (χ0n) is 21.8. The number of aromatic nitrogens is 3. The number of benzene rings is 4. The van der Waals surface area contributed by atoms with E-state index in [1.165, 1.54) is 0 Å². The number of hydrogen-bond acceptors (Lipinski definition) is 5. The molecule has 40 heavy (non-hydrogen) atoms. The van der Waals surface area contributed by atoms with Crippen LogP contribution in [0.25, 0.3) is 44.7 Å². The van der Waals surface area contributed by atoms with Crippen LogP contribution in [0.4, 0.5) is 0 Å². The molecule has 0 bridgehead atoms. The molecule has 0 aliphatic carbocycles. The zero-order valence-corrected chi connectivity index (χ0v) is 21.8. The van der Waals surface area contributed by atoms with Crippen LogP contribution in [-0.2, 0) is 5.41 Å². The molecule has 4 aromatic carbocycles. The minimum atomic E-state index is -0.508. The lowest BCUT2D eigenvalue weighted by Crippen LogP contribution is -2.26. The number of pyridine rings is 1. The van der Waals surface area contributed by atoms with Gasteiger partial charge in [0.15, 0.2) is 11.4 Å². The molecule has 192 valence electrons. The first kappa shape index (κ1) is 23.8. The molecule has 0 fully saturated rings. The molecule has 0 spiro atoms. The number of hydrogen-bond donors (Lipinski definition) is 1. The van der Waals surface area contributed by atoms with E-state index < -0.39 is 5.41 Å². The standard InChI is InChI=1S/C35H25N3O2/c1-35(24-13-3-2-4-14-24,30-20-9-10-21-36-30)25-15-11-12-23(22-25)34-37-31(26-16-5-7-18-28(26)39)33-32(38-34)27-17-6-8-19-29(27)40-33/h2-22,39H,1H3. The molecule has 0 saturated carbocycles. The Kier molecular flexibility index (Phi) is 5.64. The van der Waals surface area contributed by atoms with Gasteiger partial charge in [0.2, 0.25) is 0 Å². The molecular weight excluding hydrogens is 494 g/mol. The average molecular weight is 520 g/mol. The SMILES string of the molecule is CC(c1ccccc1)(c1cccc(-c2nc(-c3ccccc3O)c3oc4ccccc4c3n2)c1)c1ccccn1. The fraction of sp³-hybridized carbons (Fsp3) is 0.0571. The fourth-order valence-electron chi connectivity index (χ4n) is 5.44. The van der Waals surface area contributed by atoms with Gasteiger partial charge in [-0.25, -0.2) is 9.97 Å². The molecule has 7 rings (SSSR count). The van der Waals surface area contributed by atoms with Gasteiger partial charge in [-0.15, -0.1) is 0 Å². The minimum absolute atomic E-state index is 0.134. The van der Waals surface area contributed by atoms with E-state index in [-0.39, 0.29) is 5.75 Å². The third-order valence-corrected chi connectivity index (χ3v) is 7.61. The van der Waals surface area contributed by atoms with Crippen molar-refractivity contribution in [3.8, 4) is 28.4 Å². The Morgan fingerprint density at radius 3 is 2.27 bits per heavy atom. The van der Waals surface area contributed by atoms with Gasteiger partial charge in [-0.2, -0.15) is 0 Å². The van der Waals surface area contributed by atoms with Crippen molar-refractivity contribution in [3.63, 3.8) is 0 Å². The summed E-state index contributed by atoms with van der Waals surface area (Å²) in [6.45, 7) is 2.20. The van der Waals surface area contributed by atoms with Crippen molar-refractivity contribution in [3.05, 3.63) is 144 Å². The van der Waals surface area contributed by atoms with Gasteiger partial charge in [-0.05, 0) is 60.5 Å². The molecule has 0 aliphatic heterocycles. The molecule has 1 atom stereocenters. The van der Waals surface area contributed by atoms with Crippen LogP contribution < -0.4 is 0 Å². The van der Waals surface area contributed by atoms with E-state index in [0.717, 1.165) is 33.4 Å². The summed E-state index contributed by atoms with van der Waals surface area (Å²) in [6, 6.07) is 39.7. The van der Waals surface area contributed by atoms with Gasteiger partial charge >= 0.3 is 0 Å². The summed E-state index contributed by atoms with van der Waals surface area (Å²) in [6.07, 6.45) is 1.83. The van der Waals surface area contributed by atoms with Crippen LogP contribution in [0.5, 0.6) is 5.75 Å². The minimum Gasteiger partial charge on any atom is -0.507 e. The smallest absolute Gasteiger partial charge is 0.180 e. The Morgan fingerprint density at radius 2 is 1.45 bits per heavy atom. The van der Waals surface area contributed by atoms with Crippen molar-refractivity contribution < 1.29 is 9.52 Å². The van der Waals surface area contributed by atoms with Gasteiger partial charge in [0, 0.05) is 22.7 Å². The van der Waals surface area contributed by atoms with Crippen molar-refractivity contribution in [2.24, 2.45) is 0 Å². The number of fused-ring (bicyclic) bond motifs is 3. The van der Waals surface area contributed by atoms with Gasteiger partial charge in [0.1, 0.15) is 22.5 Å². The predicted molar refractivity (Wildman–Crippen MR) is 158 cm³/mol. The molecule has 0 radical (unpaired) electrons. The maximum absolute atomic E-state index is 10.8. The second-order valence-electron chi connectivity index (χ2n) is 9.98. The maximum Gasteiger partial charge on any atom is 0.180 e. The number of phenols is 1. The average Bonchev–Trinajstić information content (AvgIpc) is 3.40. The largest absolute Gasteiger partial charge is 0.507 e. The van der Waals surface area contributed by atoms with Crippen molar-refractivity contribution in [2.45, 2.75) is 12.3 Å². The Bertz CT molecular complexity index is 1940. The Balaban J connectivity index is 1.48. The summed E-state index contributed by atoms with van der Waals surface area (Å²) in [5.74, 6) is 0.685. The Labute approximate surface area is 231 Å². The lowest BCUT2D eigenvalue weighted by atomic mass is 9.73. The molecule has 1 N–H and O–H groups in total. The van der Waals surface area contributed by atoms with E-state index in [1.807, 2.05) is 72.9 Å². The monoisotopic (exact) mass is 519 g/mol. The second-order valence-corrected chi connectivity index (χ2v) is 9.98. The summed E-state index contributed by atoms with van der Waals surface area (Å²) in [5, 5.41) is 11.7. The third kappa shape index (κ3) is 3.83. The molecule has 0 amide bonds. The normalized spacial score (nSPS) is 12.9. The predicted octanol–water partition coefficient (Wildman–Crippen LogP) is 8.16. The zero-order chi connectivity index (χ0) is 27.1. The lowest BCUT2D eigenvalue weighted by Gasteiger charge is -2.31. The molecule has 1 unspecified atom stereocenters. The molecule has 0 saturated heterocycles. The van der Waals surface area contributed by atoms with Crippen LogP contribution in [-0.4, -0.2) is 20.1 Å². The molecule has 5 heteroatoms. The fourth-order valence-corrected chi connectivity index (χ4v) is 5.44. The topological polar surface area (TPSA) is 72.0 Å². The summed E-state index contributed by atoms with van der Waals surface area (Å²) in [7, 11) is 0. The Morgan fingerprint density at radius 1 is 0.700 bits per heavy atom. The quantitative estimate of drug-likeness (QED) is 0.248. The number of para-hydroxylation sites is 2. The molecule has 3 heterocycles. The van der Waals surface area contributed by atoms with Crippen LogP contribution in [0.2, 0.25) is 0 Å². The van der Waals surface area contributed by atoms with Crippen molar-refractivity contribution in [2.75, 3.05) is 0 Å². The van der Waals surface area contributed by atoms with Crippen molar-refractivity contribution >= 4 is 22.1 Å². The van der Waals surface area contributed by atoms with E-state index in [0.29, 0.717) is 28.2 Å². The van der Waals surface area contributed by atoms with Gasteiger partial charge in [0.25, 0.3) is 0 Å². The maximum atomic E-state index is 10.8. The van der Waals surface area contributed by atoms with Crippen LogP contribution in [0.1, 0.15) is 23.7 Å². The van der Waals surface area contributed by atoms with Crippen LogP contribution in [0.3, 0.4) is 0 Å². The van der Waals surface area contributed by atoms with Crippen molar-refractivity contribution in [1.29, 1.82) is 0 Å². The van der Waals surface area contributed by atoms with Gasteiger partial charge in [-0.1, -0.05) is 78.9 Å². The highest BCUT2D eigenvalue weighted by Crippen LogP contribution is 2.41. The number of phenolic OH excluding ortho intramolecular Hbond substituents is 1. The van der Waals surface area contributed by atoms with E-state index in [9.17, 15) is 5.11 Å². The van der Waals surface area contributed by atoms with E-state index in [1.54, 1.807) is 12.1 Å². The summed E-state index contributed by atoms with van der Waals surface area (Å²) in [5.41, 5.74) is 6.63. The van der Waals surface area contributed by atoms with Crippen LogP contribution in [0.15, 0.2) is 132 Å². The van der Waals surface area contributed by atoms with Crippen LogP contribution in [0, 0.1) is 0 Å². The molecule has 7 aromatic rings. The van der Waals surface area contributed by atoms with Gasteiger partial charge < -0.3 is 9.52 Å². The summed E-state index contributed by atoms with van der Waals surface area (Å²) >= 11 is 0. The van der Waals surface area contributed by atoms with Gasteiger partial charge in [-0.3, -0.25) is 4.98 Å². The first-order valence-electron chi connectivity index (χ1n) is 13.2. The van der Waals surface area contributed by atoms with E-state index >= 15 is 0 Å². The van der Waals surface area contributed by atoms with E-state index in [4.69, 9.17) is 19.4 Å². The highest BCUT2D eigenvalue weighted by Gasteiger charge is 2.33. The number of furan rings is 1. The summed E-state index contributed by atoms with van der Waals surface area (Å²) in [4.78, 5) is 14.8. The first-order chi connectivity index (χ1) is 19.6. The molecule has 5 nitrogen and oxygen atoms in total. The van der Waals surface area contributed by atoms with E-state index in [2.05, 4.69) is 49.4 Å². The lowest BCUT2D eigenvalue weighted by molar-refractivity contribution is 0.477. The number of rotatable bonds is 5. The molecule has 3 aromatic heterocycles. The van der Waals surface area contributed by atoms with Crippen molar-refractivity contribution in [1.82, 2.24) is 15.0 Å². The Hall–Kier alpha value is -5.29. The summed E-state index contributed by atoms with van der Waals surface area (Å²) < 4.78 is 6.23.